The van der Waals surface area contributed by atoms with E-state index in [0.717, 1.165) is 0 Å². The molecule has 0 aromatic rings. The first-order chi connectivity index (χ1) is 7.80. The molecule has 6 N–H and O–H groups in total. The van der Waals surface area contributed by atoms with Crippen molar-refractivity contribution >= 4 is 5.97 Å². The molecular weight excluding hydrogens is 236 g/mol. The summed E-state index contributed by atoms with van der Waals surface area (Å²) in [6.45, 7) is -0.747. The van der Waals surface area contributed by atoms with Crippen molar-refractivity contribution in [1.29, 1.82) is 0 Å². The van der Waals surface area contributed by atoms with E-state index in [1.54, 1.807) is 0 Å². The zero-order chi connectivity index (χ0) is 13.2. The summed E-state index contributed by atoms with van der Waals surface area (Å²) in [4.78, 5) is 10.7. The first-order valence-corrected chi connectivity index (χ1v) is 5.09. The summed E-state index contributed by atoms with van der Waals surface area (Å²) in [5.74, 6) is -4.29. The molecule has 5 atom stereocenters. The van der Waals surface area contributed by atoms with Crippen LogP contribution < -0.4 is 0 Å². The van der Waals surface area contributed by atoms with Gasteiger partial charge in [-0.2, -0.15) is 0 Å². The molecule has 0 unspecified atom stereocenters. The second kappa shape index (κ2) is 5.25. The van der Waals surface area contributed by atoms with E-state index >= 15 is 0 Å². The highest BCUT2D eigenvalue weighted by molar-refractivity contribution is 5.75. The molecular formula is C9H16O8. The van der Waals surface area contributed by atoms with Crippen LogP contribution in [0.4, 0.5) is 0 Å². The third-order valence-corrected chi connectivity index (χ3v) is 2.66. The summed E-state index contributed by atoms with van der Waals surface area (Å²) in [7, 11) is 0. The first-order valence-electron chi connectivity index (χ1n) is 5.09. The van der Waals surface area contributed by atoms with Crippen LogP contribution in [0, 0.1) is 0 Å². The van der Waals surface area contributed by atoms with Gasteiger partial charge in [0.2, 0.25) is 0 Å². The van der Waals surface area contributed by atoms with Crippen LogP contribution in [0.25, 0.3) is 0 Å². The Kier molecular flexibility index (Phi) is 4.42. The van der Waals surface area contributed by atoms with E-state index in [4.69, 9.17) is 14.9 Å². The lowest BCUT2D eigenvalue weighted by Gasteiger charge is -2.39. The van der Waals surface area contributed by atoms with Crippen LogP contribution in [0.2, 0.25) is 0 Å². The van der Waals surface area contributed by atoms with Crippen LogP contribution in [0.15, 0.2) is 0 Å². The van der Waals surface area contributed by atoms with E-state index in [-0.39, 0.29) is 6.42 Å². The Balaban J connectivity index is 2.78. The summed E-state index contributed by atoms with van der Waals surface area (Å²) in [6, 6.07) is 0. The fourth-order valence-corrected chi connectivity index (χ4v) is 1.72. The summed E-state index contributed by atoms with van der Waals surface area (Å²) in [5, 5.41) is 55.0. The van der Waals surface area contributed by atoms with Crippen molar-refractivity contribution in [1.82, 2.24) is 0 Å². The third-order valence-electron chi connectivity index (χ3n) is 2.66. The van der Waals surface area contributed by atoms with Gasteiger partial charge in [-0.1, -0.05) is 0 Å². The number of aliphatic hydroxyl groups is 5. The molecule has 17 heavy (non-hydrogen) atoms. The number of aliphatic hydroxyl groups excluding tert-OH is 4. The van der Waals surface area contributed by atoms with Gasteiger partial charge in [0, 0.05) is 12.8 Å². The minimum Gasteiger partial charge on any atom is -0.477 e. The number of aliphatic carboxylic acids is 1. The Hall–Kier alpha value is -0.770. The van der Waals surface area contributed by atoms with Gasteiger partial charge in [-0.05, 0) is 0 Å². The SMILES string of the molecule is O=C(O)[C@]1(O)C[C@H](O)C[C@H]([C@H](O)[C@H](O)CO)O1. The molecule has 1 heterocycles. The summed E-state index contributed by atoms with van der Waals surface area (Å²) < 4.78 is 4.77. The second-order valence-corrected chi connectivity index (χ2v) is 4.08. The van der Waals surface area contributed by atoms with Gasteiger partial charge in [-0.25, -0.2) is 4.79 Å². The van der Waals surface area contributed by atoms with Gasteiger partial charge in [0.1, 0.15) is 12.2 Å². The second-order valence-electron chi connectivity index (χ2n) is 4.08. The fraction of sp³-hybridized carbons (Fsp3) is 0.889. The molecule has 1 aliphatic heterocycles. The van der Waals surface area contributed by atoms with Crippen LogP contribution in [-0.4, -0.2) is 73.4 Å². The standard InChI is InChI=1S/C9H16O8/c10-3-5(12)7(13)6-1-4(11)2-9(16,17-6)8(14)15/h4-7,10-13,16H,1-3H2,(H,14,15)/t4-,5-,6-,7-,9+/m1/s1. The quantitative estimate of drug-likeness (QED) is 0.310. The van der Waals surface area contributed by atoms with Gasteiger partial charge in [-0.15, -0.1) is 0 Å². The maximum Gasteiger partial charge on any atom is 0.364 e. The number of carboxylic acids is 1. The predicted octanol–water partition coefficient (Wildman–Crippen LogP) is -2.99. The molecule has 8 nitrogen and oxygen atoms in total. The number of hydrogen-bond donors (Lipinski definition) is 6. The van der Waals surface area contributed by atoms with Gasteiger partial charge in [-0.3, -0.25) is 0 Å². The lowest BCUT2D eigenvalue weighted by atomic mass is 9.93. The van der Waals surface area contributed by atoms with Crippen LogP contribution in [0.5, 0.6) is 0 Å². The maximum absolute atomic E-state index is 10.7. The maximum atomic E-state index is 10.7. The Labute approximate surface area is 96.7 Å². The van der Waals surface area contributed by atoms with Crippen molar-refractivity contribution in [3.05, 3.63) is 0 Å². The Morgan fingerprint density at radius 1 is 1.47 bits per heavy atom. The fourth-order valence-electron chi connectivity index (χ4n) is 1.72. The highest BCUT2D eigenvalue weighted by atomic mass is 16.7. The van der Waals surface area contributed by atoms with E-state index in [2.05, 4.69) is 0 Å². The van der Waals surface area contributed by atoms with Gasteiger partial charge in [0.05, 0.1) is 18.8 Å². The minimum absolute atomic E-state index is 0.145. The largest absolute Gasteiger partial charge is 0.477 e. The van der Waals surface area contributed by atoms with Crippen molar-refractivity contribution in [3.8, 4) is 0 Å². The summed E-state index contributed by atoms with van der Waals surface area (Å²) >= 11 is 0. The highest BCUT2D eigenvalue weighted by Crippen LogP contribution is 2.29. The Morgan fingerprint density at radius 3 is 2.53 bits per heavy atom. The Morgan fingerprint density at radius 2 is 2.06 bits per heavy atom. The van der Waals surface area contributed by atoms with Crippen LogP contribution >= 0.6 is 0 Å². The van der Waals surface area contributed by atoms with Crippen molar-refractivity contribution in [2.75, 3.05) is 6.61 Å². The van der Waals surface area contributed by atoms with E-state index < -0.39 is 49.2 Å². The molecule has 1 rings (SSSR count). The average molecular weight is 252 g/mol. The van der Waals surface area contributed by atoms with Crippen molar-refractivity contribution in [2.24, 2.45) is 0 Å². The highest BCUT2D eigenvalue weighted by Gasteiger charge is 2.48. The number of carbonyl (C=O) groups is 1. The van der Waals surface area contributed by atoms with Gasteiger partial charge >= 0.3 is 5.97 Å². The number of carboxylic acid groups (broad SMARTS) is 1. The zero-order valence-corrected chi connectivity index (χ0v) is 8.93. The predicted molar refractivity (Wildman–Crippen MR) is 51.8 cm³/mol. The van der Waals surface area contributed by atoms with Gasteiger partial charge in [0.25, 0.3) is 5.79 Å². The van der Waals surface area contributed by atoms with Crippen LogP contribution in [-0.2, 0) is 9.53 Å². The summed E-state index contributed by atoms with van der Waals surface area (Å²) in [5.41, 5.74) is 0. The lowest BCUT2D eigenvalue weighted by molar-refractivity contribution is -0.288. The summed E-state index contributed by atoms with van der Waals surface area (Å²) in [6.07, 6.45) is -6.27. The molecule has 0 saturated carbocycles. The van der Waals surface area contributed by atoms with E-state index in [0.29, 0.717) is 0 Å². The number of hydrogen-bond acceptors (Lipinski definition) is 7. The monoisotopic (exact) mass is 252 g/mol. The van der Waals surface area contributed by atoms with E-state index in [1.807, 2.05) is 0 Å². The molecule has 0 bridgehead atoms. The van der Waals surface area contributed by atoms with Gasteiger partial charge < -0.3 is 35.4 Å². The molecule has 0 spiro atoms. The van der Waals surface area contributed by atoms with Crippen molar-refractivity contribution < 1.29 is 40.2 Å². The topological polar surface area (TPSA) is 148 Å². The molecule has 1 saturated heterocycles. The van der Waals surface area contributed by atoms with Crippen LogP contribution in [0.3, 0.4) is 0 Å². The molecule has 0 aliphatic carbocycles. The van der Waals surface area contributed by atoms with E-state index in [9.17, 15) is 25.2 Å². The lowest BCUT2D eigenvalue weighted by Crippen LogP contribution is -2.56. The van der Waals surface area contributed by atoms with E-state index in [1.165, 1.54) is 0 Å². The van der Waals surface area contributed by atoms with Crippen LogP contribution in [0.1, 0.15) is 12.8 Å². The average Bonchev–Trinajstić information content (AvgIpc) is 2.25. The smallest absolute Gasteiger partial charge is 0.364 e. The minimum atomic E-state index is -2.60. The Bertz CT molecular complexity index is 282. The molecule has 0 radical (unpaired) electrons. The molecule has 0 aromatic carbocycles. The molecule has 0 amide bonds. The molecule has 1 fully saturated rings. The molecule has 100 valence electrons. The van der Waals surface area contributed by atoms with Gasteiger partial charge in [0.15, 0.2) is 0 Å². The molecule has 8 heteroatoms. The third kappa shape index (κ3) is 3.12. The van der Waals surface area contributed by atoms with Crippen molar-refractivity contribution in [3.63, 3.8) is 0 Å². The number of rotatable bonds is 4. The number of ether oxygens (including phenoxy) is 1. The molecule has 0 aromatic heterocycles. The normalized spacial score (nSPS) is 37.5. The molecule has 1 aliphatic rings. The zero-order valence-electron chi connectivity index (χ0n) is 8.93. The van der Waals surface area contributed by atoms with Crippen molar-refractivity contribution in [2.45, 2.75) is 43.0 Å². The first kappa shape index (κ1) is 14.3.